The molecule has 0 spiro atoms. The Bertz CT molecular complexity index is 1230. The lowest BCUT2D eigenvalue weighted by molar-refractivity contribution is -0.113. The molecule has 0 unspecified atom stereocenters. The van der Waals surface area contributed by atoms with E-state index in [2.05, 4.69) is 31.2 Å². The zero-order valence-electron chi connectivity index (χ0n) is 15.9. The quantitative estimate of drug-likeness (QED) is 0.373. The minimum absolute atomic E-state index is 0.00511. The van der Waals surface area contributed by atoms with Gasteiger partial charge in [0.05, 0.1) is 22.5 Å². The number of hydrogen-bond donors (Lipinski definition) is 2. The number of rotatable bonds is 7. The Balaban J connectivity index is 1.71. The second kappa shape index (κ2) is 9.59. The third-order valence-corrected chi connectivity index (χ3v) is 7.50. The van der Waals surface area contributed by atoms with E-state index in [1.54, 1.807) is 30.3 Å². The van der Waals surface area contributed by atoms with Crippen LogP contribution in [-0.2, 0) is 21.1 Å². The predicted octanol–water partition coefficient (Wildman–Crippen LogP) is 3.66. The van der Waals surface area contributed by atoms with E-state index in [1.807, 2.05) is 13.0 Å². The maximum absolute atomic E-state index is 12.7. The lowest BCUT2D eigenvalue weighted by Crippen LogP contribution is -2.20. The van der Waals surface area contributed by atoms with E-state index in [9.17, 15) is 18.0 Å². The van der Waals surface area contributed by atoms with E-state index >= 15 is 0 Å². The summed E-state index contributed by atoms with van der Waals surface area (Å²) in [5.41, 5.74) is 0.840. The van der Waals surface area contributed by atoms with Crippen molar-refractivity contribution in [1.29, 1.82) is 0 Å². The molecule has 1 heterocycles. The summed E-state index contributed by atoms with van der Waals surface area (Å²) in [5.74, 6) is -0.295. The van der Waals surface area contributed by atoms with Gasteiger partial charge in [-0.3, -0.25) is 9.59 Å². The number of aromatic nitrogens is 2. The number of amides is 1. The van der Waals surface area contributed by atoms with Crippen LogP contribution >= 0.6 is 27.7 Å². The average molecular weight is 508 g/mol. The van der Waals surface area contributed by atoms with Crippen LogP contribution in [0.2, 0.25) is 0 Å². The number of para-hydroxylation sites is 1. The maximum atomic E-state index is 12.7. The maximum Gasteiger partial charge on any atom is 0.270 e. The minimum atomic E-state index is -3.99. The summed E-state index contributed by atoms with van der Waals surface area (Å²) in [7, 11) is -3.99. The van der Waals surface area contributed by atoms with Crippen molar-refractivity contribution >= 4 is 49.1 Å². The summed E-state index contributed by atoms with van der Waals surface area (Å²) in [4.78, 5) is 30.5. The van der Waals surface area contributed by atoms with E-state index in [0.717, 1.165) is 34.4 Å². The first-order chi connectivity index (χ1) is 14.3. The van der Waals surface area contributed by atoms with Crippen LogP contribution < -0.4 is 10.9 Å². The molecule has 3 aromatic rings. The number of nitrogens with zero attached hydrogens (tertiary/aromatic N) is 1. The molecule has 0 aliphatic carbocycles. The number of benzene rings is 2. The number of carbonyl (C=O) groups is 1. The minimum Gasteiger partial charge on any atom is -0.324 e. The lowest BCUT2D eigenvalue weighted by atomic mass is 10.2. The normalized spacial score (nSPS) is 11.3. The van der Waals surface area contributed by atoms with Crippen molar-refractivity contribution in [3.63, 3.8) is 0 Å². The van der Waals surface area contributed by atoms with Gasteiger partial charge in [-0.25, -0.2) is 13.4 Å². The highest BCUT2D eigenvalue weighted by Crippen LogP contribution is 2.22. The first-order valence-electron chi connectivity index (χ1n) is 8.92. The van der Waals surface area contributed by atoms with Crippen molar-refractivity contribution < 1.29 is 13.2 Å². The van der Waals surface area contributed by atoms with Crippen molar-refractivity contribution in [2.45, 2.75) is 28.3 Å². The zero-order valence-corrected chi connectivity index (χ0v) is 19.1. The van der Waals surface area contributed by atoms with Crippen LogP contribution in [0.25, 0.3) is 0 Å². The number of H-pyrrole nitrogens is 1. The molecular formula is C20H18BrN3O4S2. The van der Waals surface area contributed by atoms with Gasteiger partial charge in [-0.1, -0.05) is 43.0 Å². The molecule has 156 valence electrons. The monoisotopic (exact) mass is 507 g/mol. The van der Waals surface area contributed by atoms with Crippen LogP contribution in [0.15, 0.2) is 78.9 Å². The number of hydrogen-bond acceptors (Lipinski definition) is 6. The SMILES string of the molecule is CCc1ccc(S(=O)(=O)c2cnc(SCC(=O)Nc3ccccc3Br)[nH]c2=O)cc1. The number of aryl methyl sites for hydroxylation is 1. The molecular weight excluding hydrogens is 490 g/mol. The van der Waals surface area contributed by atoms with Gasteiger partial charge < -0.3 is 10.3 Å². The van der Waals surface area contributed by atoms with Crippen molar-refractivity contribution in [1.82, 2.24) is 9.97 Å². The molecule has 3 rings (SSSR count). The van der Waals surface area contributed by atoms with Gasteiger partial charge in [0.1, 0.15) is 0 Å². The summed E-state index contributed by atoms with van der Waals surface area (Å²) < 4.78 is 26.2. The highest BCUT2D eigenvalue weighted by molar-refractivity contribution is 9.10. The van der Waals surface area contributed by atoms with Gasteiger partial charge in [-0.2, -0.15) is 0 Å². The van der Waals surface area contributed by atoms with E-state index in [4.69, 9.17) is 0 Å². The van der Waals surface area contributed by atoms with Crippen LogP contribution in [0.5, 0.6) is 0 Å². The smallest absolute Gasteiger partial charge is 0.270 e. The Morgan fingerprint density at radius 2 is 1.87 bits per heavy atom. The Hall–Kier alpha value is -2.43. The van der Waals surface area contributed by atoms with Crippen LogP contribution in [0.3, 0.4) is 0 Å². The van der Waals surface area contributed by atoms with Gasteiger partial charge in [0.25, 0.3) is 5.56 Å². The van der Waals surface area contributed by atoms with E-state index < -0.39 is 20.3 Å². The third-order valence-electron chi connectivity index (χ3n) is 4.16. The fourth-order valence-corrected chi connectivity index (χ4v) is 4.80. The van der Waals surface area contributed by atoms with Gasteiger partial charge in [-0.15, -0.1) is 0 Å². The first-order valence-corrected chi connectivity index (χ1v) is 12.2. The molecule has 0 aliphatic rings. The number of anilines is 1. The standard InChI is InChI=1S/C20H18BrN3O4S2/c1-2-13-7-9-14(10-8-13)30(27,28)17-11-22-20(24-19(17)26)29-12-18(25)23-16-6-4-3-5-15(16)21/h3-11H,2,12H2,1H3,(H,23,25)(H,22,24,26). The fraction of sp³-hybridized carbons (Fsp3) is 0.150. The number of sulfone groups is 1. The van der Waals surface area contributed by atoms with E-state index in [-0.39, 0.29) is 21.7 Å². The highest BCUT2D eigenvalue weighted by Gasteiger charge is 2.22. The molecule has 0 aliphatic heterocycles. The van der Waals surface area contributed by atoms with E-state index in [0.29, 0.717) is 5.69 Å². The summed E-state index contributed by atoms with van der Waals surface area (Å²) in [5, 5.41) is 2.89. The molecule has 0 saturated heterocycles. The summed E-state index contributed by atoms with van der Waals surface area (Å²) in [6.45, 7) is 1.97. The fourth-order valence-electron chi connectivity index (χ4n) is 2.55. The Kier molecular flexibility index (Phi) is 7.11. The van der Waals surface area contributed by atoms with Gasteiger partial charge in [0.15, 0.2) is 10.1 Å². The number of halogens is 1. The second-order valence-electron chi connectivity index (χ2n) is 6.20. The Labute approximate surface area is 186 Å². The topological polar surface area (TPSA) is 109 Å². The summed E-state index contributed by atoms with van der Waals surface area (Å²) in [6.07, 6.45) is 1.80. The largest absolute Gasteiger partial charge is 0.324 e. The molecule has 0 fully saturated rings. The first kappa shape index (κ1) is 22.3. The molecule has 10 heteroatoms. The molecule has 1 aromatic heterocycles. The second-order valence-corrected chi connectivity index (χ2v) is 9.94. The summed E-state index contributed by atoms with van der Waals surface area (Å²) >= 11 is 4.34. The van der Waals surface area contributed by atoms with Crippen molar-refractivity contribution in [2.24, 2.45) is 0 Å². The van der Waals surface area contributed by atoms with Crippen LogP contribution in [0, 0.1) is 0 Å². The van der Waals surface area contributed by atoms with Crippen molar-refractivity contribution in [3.8, 4) is 0 Å². The number of aromatic amines is 1. The van der Waals surface area contributed by atoms with Crippen LogP contribution in [-0.4, -0.2) is 30.0 Å². The number of carbonyl (C=O) groups excluding carboxylic acids is 1. The van der Waals surface area contributed by atoms with Crippen molar-refractivity contribution in [2.75, 3.05) is 11.1 Å². The predicted molar refractivity (Wildman–Crippen MR) is 120 cm³/mol. The van der Waals surface area contributed by atoms with Gasteiger partial charge in [0.2, 0.25) is 15.7 Å². The summed E-state index contributed by atoms with van der Waals surface area (Å²) in [6, 6.07) is 13.5. The molecule has 0 saturated carbocycles. The lowest BCUT2D eigenvalue weighted by Gasteiger charge is -2.07. The molecule has 0 atom stereocenters. The van der Waals surface area contributed by atoms with Crippen molar-refractivity contribution in [3.05, 3.63) is 75.1 Å². The molecule has 7 nitrogen and oxygen atoms in total. The van der Waals surface area contributed by atoms with Gasteiger partial charge in [-0.05, 0) is 52.2 Å². The Morgan fingerprint density at radius 1 is 1.17 bits per heavy atom. The van der Waals surface area contributed by atoms with Gasteiger partial charge in [0, 0.05) is 4.47 Å². The third kappa shape index (κ3) is 5.18. The average Bonchev–Trinajstić information content (AvgIpc) is 2.74. The molecule has 2 aromatic carbocycles. The van der Waals surface area contributed by atoms with Crippen LogP contribution in [0.1, 0.15) is 12.5 Å². The molecule has 0 radical (unpaired) electrons. The molecule has 0 bridgehead atoms. The highest BCUT2D eigenvalue weighted by atomic mass is 79.9. The molecule has 30 heavy (non-hydrogen) atoms. The zero-order chi connectivity index (χ0) is 21.7. The number of nitrogens with one attached hydrogen (secondary N) is 2. The van der Waals surface area contributed by atoms with E-state index in [1.165, 1.54) is 12.1 Å². The van der Waals surface area contributed by atoms with Crippen LogP contribution in [0.4, 0.5) is 5.69 Å². The molecule has 1 amide bonds. The van der Waals surface area contributed by atoms with Gasteiger partial charge >= 0.3 is 0 Å². The number of thioether (sulfide) groups is 1. The Morgan fingerprint density at radius 3 is 2.50 bits per heavy atom. The molecule has 2 N–H and O–H groups in total.